The normalized spacial score (nSPS) is 17.0. The second kappa shape index (κ2) is 8.98. The first kappa shape index (κ1) is 20.5. The zero-order valence-electron chi connectivity index (χ0n) is 18.5. The van der Waals surface area contributed by atoms with E-state index < -0.39 is 0 Å². The number of hydrogen-bond donors (Lipinski definition) is 0. The maximum Gasteiger partial charge on any atom is 0.257 e. The largest absolute Gasteiger partial charge is 0.353 e. The molecule has 1 aromatic carbocycles. The van der Waals surface area contributed by atoms with Crippen molar-refractivity contribution >= 4 is 17.7 Å². The van der Waals surface area contributed by atoms with Crippen molar-refractivity contribution in [2.24, 2.45) is 0 Å². The lowest BCUT2D eigenvalue weighted by atomic mass is 10.1. The minimum atomic E-state index is 0.0426. The van der Waals surface area contributed by atoms with E-state index in [9.17, 15) is 4.79 Å². The number of hydrogen-bond acceptors (Lipinski definition) is 6. The molecule has 0 bridgehead atoms. The van der Waals surface area contributed by atoms with E-state index in [2.05, 4.69) is 19.9 Å². The Morgan fingerprint density at radius 1 is 0.875 bits per heavy atom. The van der Waals surface area contributed by atoms with E-state index in [1.54, 1.807) is 6.20 Å². The monoisotopic (exact) mass is 431 g/mol. The molecule has 3 aromatic rings. The van der Waals surface area contributed by atoms with Crippen LogP contribution in [0.1, 0.15) is 35.3 Å². The van der Waals surface area contributed by atoms with Gasteiger partial charge in [0.05, 0.1) is 23.1 Å². The van der Waals surface area contributed by atoms with Gasteiger partial charge in [-0.1, -0.05) is 18.2 Å². The van der Waals surface area contributed by atoms with Crippen LogP contribution in [0.5, 0.6) is 0 Å². The van der Waals surface area contributed by atoms with Gasteiger partial charge in [0.15, 0.2) is 0 Å². The van der Waals surface area contributed by atoms with Crippen molar-refractivity contribution in [2.75, 3.05) is 49.1 Å². The van der Waals surface area contributed by atoms with Gasteiger partial charge in [-0.05, 0) is 44.4 Å². The van der Waals surface area contributed by atoms with Gasteiger partial charge in [0, 0.05) is 45.5 Å². The van der Waals surface area contributed by atoms with Crippen LogP contribution in [0, 0.1) is 6.92 Å². The van der Waals surface area contributed by atoms with E-state index in [0.29, 0.717) is 18.7 Å². The van der Waals surface area contributed by atoms with Gasteiger partial charge in [-0.3, -0.25) is 4.79 Å². The Kier molecular flexibility index (Phi) is 5.75. The highest BCUT2D eigenvalue weighted by Gasteiger charge is 2.26. The molecule has 2 fully saturated rings. The van der Waals surface area contributed by atoms with E-state index in [1.165, 1.54) is 19.3 Å². The van der Waals surface area contributed by atoms with Crippen LogP contribution < -0.4 is 9.80 Å². The number of aromatic nitrogens is 4. The molecule has 2 aliphatic heterocycles. The fourth-order valence-electron chi connectivity index (χ4n) is 4.52. The predicted molar refractivity (Wildman–Crippen MR) is 125 cm³/mol. The number of rotatable bonds is 4. The van der Waals surface area contributed by atoms with Crippen molar-refractivity contribution < 1.29 is 4.79 Å². The van der Waals surface area contributed by atoms with Crippen molar-refractivity contribution in [3.63, 3.8) is 0 Å². The van der Waals surface area contributed by atoms with Crippen molar-refractivity contribution in [3.8, 4) is 5.69 Å². The number of carbonyl (C=O) groups excluding carboxylic acids is 1. The molecule has 1 amide bonds. The van der Waals surface area contributed by atoms with E-state index in [0.717, 1.165) is 49.3 Å². The van der Waals surface area contributed by atoms with E-state index >= 15 is 0 Å². The zero-order chi connectivity index (χ0) is 21.9. The maximum absolute atomic E-state index is 13.2. The molecule has 8 heteroatoms. The summed E-state index contributed by atoms with van der Waals surface area (Å²) in [5.74, 6) is 1.81. The van der Waals surface area contributed by atoms with Crippen LogP contribution in [0.25, 0.3) is 5.69 Å². The molecule has 32 heavy (non-hydrogen) atoms. The Morgan fingerprint density at radius 3 is 2.38 bits per heavy atom. The molecule has 5 rings (SSSR count). The minimum absolute atomic E-state index is 0.0426. The average molecular weight is 432 g/mol. The third kappa shape index (κ3) is 4.04. The molecule has 2 aliphatic rings. The number of benzene rings is 1. The second-order valence-electron chi connectivity index (χ2n) is 8.43. The summed E-state index contributed by atoms with van der Waals surface area (Å²) in [5, 5.41) is 4.46. The number of anilines is 2. The Labute approximate surface area is 188 Å². The molecule has 0 saturated carbocycles. The van der Waals surface area contributed by atoms with Gasteiger partial charge in [-0.25, -0.2) is 9.67 Å². The minimum Gasteiger partial charge on any atom is -0.353 e. The Hall–Kier alpha value is -3.42. The lowest BCUT2D eigenvalue weighted by Crippen LogP contribution is -2.49. The topological polar surface area (TPSA) is 70.4 Å². The van der Waals surface area contributed by atoms with Gasteiger partial charge in [0.1, 0.15) is 5.82 Å². The van der Waals surface area contributed by atoms with Gasteiger partial charge in [-0.2, -0.15) is 10.1 Å². The number of amides is 1. The lowest BCUT2D eigenvalue weighted by Gasteiger charge is -2.36. The molecule has 0 unspecified atom stereocenters. The fraction of sp³-hybridized carbons (Fsp3) is 0.417. The molecule has 4 heterocycles. The number of para-hydroxylation sites is 1. The molecule has 0 atom stereocenters. The second-order valence-corrected chi connectivity index (χ2v) is 8.43. The maximum atomic E-state index is 13.2. The van der Waals surface area contributed by atoms with Gasteiger partial charge in [0.25, 0.3) is 5.91 Å². The lowest BCUT2D eigenvalue weighted by molar-refractivity contribution is 0.0745. The SMILES string of the molecule is Cc1c(C(=O)N2CCN(c3ccnc(N4CCCCC4)n3)CC2)cnn1-c1ccccc1. The molecule has 2 aromatic heterocycles. The van der Waals surface area contributed by atoms with E-state index in [4.69, 9.17) is 4.98 Å². The van der Waals surface area contributed by atoms with Gasteiger partial charge >= 0.3 is 0 Å². The number of nitrogens with zero attached hydrogens (tertiary/aromatic N) is 7. The summed E-state index contributed by atoms with van der Waals surface area (Å²) < 4.78 is 1.83. The van der Waals surface area contributed by atoms with Gasteiger partial charge < -0.3 is 14.7 Å². The van der Waals surface area contributed by atoms with Crippen LogP contribution in [-0.2, 0) is 0 Å². The Balaban J connectivity index is 1.24. The van der Waals surface area contributed by atoms with Gasteiger partial charge in [-0.15, -0.1) is 0 Å². The molecule has 0 N–H and O–H groups in total. The van der Waals surface area contributed by atoms with Crippen LogP contribution in [-0.4, -0.2) is 69.8 Å². The van der Waals surface area contributed by atoms with Crippen molar-refractivity contribution in [3.05, 3.63) is 60.0 Å². The third-order valence-electron chi connectivity index (χ3n) is 6.40. The molecule has 166 valence electrons. The predicted octanol–water partition coefficient (Wildman–Crippen LogP) is 2.92. The summed E-state index contributed by atoms with van der Waals surface area (Å²) in [6, 6.07) is 11.9. The summed E-state index contributed by atoms with van der Waals surface area (Å²) in [5.41, 5.74) is 2.49. The summed E-state index contributed by atoms with van der Waals surface area (Å²) in [4.78, 5) is 29.0. The molecule has 0 radical (unpaired) electrons. The van der Waals surface area contributed by atoms with E-state index in [-0.39, 0.29) is 5.91 Å². The highest BCUT2D eigenvalue weighted by Crippen LogP contribution is 2.21. The van der Waals surface area contributed by atoms with Crippen LogP contribution in [0.15, 0.2) is 48.8 Å². The van der Waals surface area contributed by atoms with Crippen LogP contribution in [0.4, 0.5) is 11.8 Å². The molecule has 0 spiro atoms. The van der Waals surface area contributed by atoms with E-state index in [1.807, 2.05) is 59.1 Å². The first-order valence-electron chi connectivity index (χ1n) is 11.4. The summed E-state index contributed by atoms with van der Waals surface area (Å²) in [7, 11) is 0. The summed E-state index contributed by atoms with van der Waals surface area (Å²) >= 11 is 0. The Morgan fingerprint density at radius 2 is 1.62 bits per heavy atom. The summed E-state index contributed by atoms with van der Waals surface area (Å²) in [6.45, 7) is 6.85. The first-order chi connectivity index (χ1) is 15.7. The molecule has 0 aliphatic carbocycles. The Bertz CT molecular complexity index is 1070. The molecule has 2 saturated heterocycles. The highest BCUT2D eigenvalue weighted by molar-refractivity contribution is 5.95. The number of carbonyl (C=O) groups is 1. The van der Waals surface area contributed by atoms with Crippen LogP contribution in [0.2, 0.25) is 0 Å². The zero-order valence-corrected chi connectivity index (χ0v) is 18.5. The molecular formula is C24H29N7O. The summed E-state index contributed by atoms with van der Waals surface area (Å²) in [6.07, 6.45) is 7.23. The standard InChI is InChI=1S/C24H29N7O/c1-19-21(18-26-31(19)20-8-4-2-5-9-20)23(32)29-16-14-28(15-17-29)22-10-11-25-24(27-22)30-12-6-3-7-13-30/h2,4-5,8-11,18H,3,6-7,12-17H2,1H3. The van der Waals surface area contributed by atoms with Gasteiger partial charge in [0.2, 0.25) is 5.95 Å². The number of piperazine rings is 1. The van der Waals surface area contributed by atoms with Crippen LogP contribution in [0.3, 0.4) is 0 Å². The van der Waals surface area contributed by atoms with Crippen molar-refractivity contribution in [1.82, 2.24) is 24.6 Å². The third-order valence-corrected chi connectivity index (χ3v) is 6.40. The first-order valence-corrected chi connectivity index (χ1v) is 11.4. The smallest absolute Gasteiger partial charge is 0.257 e. The quantitative estimate of drug-likeness (QED) is 0.633. The average Bonchev–Trinajstić information content (AvgIpc) is 3.26. The van der Waals surface area contributed by atoms with Crippen molar-refractivity contribution in [1.29, 1.82) is 0 Å². The fourth-order valence-corrected chi connectivity index (χ4v) is 4.52. The number of piperidine rings is 1. The van der Waals surface area contributed by atoms with Crippen LogP contribution >= 0.6 is 0 Å². The van der Waals surface area contributed by atoms with Crippen molar-refractivity contribution in [2.45, 2.75) is 26.2 Å². The molecule has 8 nitrogen and oxygen atoms in total. The molecular weight excluding hydrogens is 402 g/mol. The highest BCUT2D eigenvalue weighted by atomic mass is 16.2.